The Kier molecular flexibility index (Phi) is 9.95. The molecular formula is C36H41N3O7S. The SMILES string of the molecule is CCOC(=O)C(CSC1CC(=O)N(Cc2ccc(-c3c4c(cc5ccc(N(C)C)cc35)CCC4=O)cc2)C1=O)NC(=O)OC(C)(C)C. The van der Waals surface area contributed by atoms with Crippen molar-refractivity contribution in [2.75, 3.05) is 31.4 Å². The maximum Gasteiger partial charge on any atom is 0.408 e. The van der Waals surface area contributed by atoms with Gasteiger partial charge in [-0.3, -0.25) is 19.3 Å². The van der Waals surface area contributed by atoms with E-state index in [0.717, 1.165) is 62.5 Å². The fourth-order valence-corrected chi connectivity index (χ4v) is 7.07. The smallest absolute Gasteiger partial charge is 0.408 e. The highest BCUT2D eigenvalue weighted by Gasteiger charge is 2.40. The predicted molar refractivity (Wildman–Crippen MR) is 183 cm³/mol. The normalized spacial score (nSPS) is 16.8. The number of carbonyl (C=O) groups excluding carboxylic acids is 5. The van der Waals surface area contributed by atoms with Gasteiger partial charge in [0.1, 0.15) is 11.6 Å². The molecule has 2 atom stereocenters. The number of nitrogens with zero attached hydrogens (tertiary/aromatic N) is 2. The molecule has 5 rings (SSSR count). The molecule has 0 saturated carbocycles. The highest BCUT2D eigenvalue weighted by atomic mass is 32.2. The summed E-state index contributed by atoms with van der Waals surface area (Å²) in [5.74, 6) is -1.13. The van der Waals surface area contributed by atoms with Crippen molar-refractivity contribution in [3.63, 3.8) is 0 Å². The van der Waals surface area contributed by atoms with Gasteiger partial charge in [-0.15, -0.1) is 11.8 Å². The zero-order chi connectivity index (χ0) is 34.0. The predicted octanol–water partition coefficient (Wildman–Crippen LogP) is 5.52. The largest absolute Gasteiger partial charge is 0.464 e. The van der Waals surface area contributed by atoms with E-state index in [1.807, 2.05) is 43.3 Å². The maximum absolute atomic E-state index is 13.3. The maximum atomic E-state index is 13.3. The third-order valence-corrected chi connectivity index (χ3v) is 9.43. The molecule has 1 fully saturated rings. The van der Waals surface area contributed by atoms with Crippen LogP contribution < -0.4 is 10.2 Å². The van der Waals surface area contributed by atoms with Gasteiger partial charge in [0.05, 0.1) is 18.4 Å². The average molecular weight is 660 g/mol. The van der Waals surface area contributed by atoms with Crippen LogP contribution >= 0.6 is 11.8 Å². The summed E-state index contributed by atoms with van der Waals surface area (Å²) in [7, 11) is 3.97. The first-order valence-corrected chi connectivity index (χ1v) is 16.8. The number of thioether (sulfide) groups is 1. The minimum atomic E-state index is -1.05. The van der Waals surface area contributed by atoms with Crippen molar-refractivity contribution in [3.8, 4) is 11.1 Å². The number of fused-ring (bicyclic) bond motifs is 2. The monoisotopic (exact) mass is 659 g/mol. The summed E-state index contributed by atoms with van der Waals surface area (Å²) < 4.78 is 10.4. The lowest BCUT2D eigenvalue weighted by Gasteiger charge is -2.23. The number of rotatable bonds is 10. The van der Waals surface area contributed by atoms with Gasteiger partial charge in [0.2, 0.25) is 11.8 Å². The van der Waals surface area contributed by atoms with Crippen LogP contribution in [0.15, 0.2) is 48.5 Å². The lowest BCUT2D eigenvalue weighted by atomic mass is 9.90. The van der Waals surface area contributed by atoms with Crippen molar-refractivity contribution < 1.29 is 33.4 Å². The zero-order valence-corrected chi connectivity index (χ0v) is 28.5. The zero-order valence-electron chi connectivity index (χ0n) is 27.7. The number of benzene rings is 3. The number of imide groups is 1. The number of amides is 3. The van der Waals surface area contributed by atoms with E-state index in [4.69, 9.17) is 9.47 Å². The second-order valence-corrected chi connectivity index (χ2v) is 14.2. The molecule has 1 saturated heterocycles. The molecule has 47 heavy (non-hydrogen) atoms. The Morgan fingerprint density at radius 3 is 2.40 bits per heavy atom. The number of alkyl carbamates (subject to hydrolysis) is 1. The first-order chi connectivity index (χ1) is 22.3. The van der Waals surface area contributed by atoms with E-state index in [-0.39, 0.29) is 42.9 Å². The summed E-state index contributed by atoms with van der Waals surface area (Å²) in [6.45, 7) is 7.02. The van der Waals surface area contributed by atoms with Crippen molar-refractivity contribution >= 4 is 57.9 Å². The van der Waals surface area contributed by atoms with Gasteiger partial charge in [-0.05, 0) is 73.7 Å². The number of ketones is 1. The second-order valence-electron chi connectivity index (χ2n) is 13.0. The summed E-state index contributed by atoms with van der Waals surface area (Å²) in [6, 6.07) is 15.0. The molecule has 0 radical (unpaired) electrons. The minimum Gasteiger partial charge on any atom is -0.464 e. The van der Waals surface area contributed by atoms with Gasteiger partial charge in [-0.25, -0.2) is 9.59 Å². The molecule has 3 amide bonds. The molecule has 0 bridgehead atoms. The molecule has 0 aromatic heterocycles. The summed E-state index contributed by atoms with van der Waals surface area (Å²) in [4.78, 5) is 67.5. The topological polar surface area (TPSA) is 122 Å². The Morgan fingerprint density at radius 2 is 1.74 bits per heavy atom. The Balaban J connectivity index is 1.31. The van der Waals surface area contributed by atoms with Crippen LogP contribution in [0, 0.1) is 0 Å². The van der Waals surface area contributed by atoms with Gasteiger partial charge in [-0.1, -0.05) is 36.4 Å². The second kappa shape index (κ2) is 13.8. The third kappa shape index (κ3) is 7.62. The Labute approximate surface area is 279 Å². The van der Waals surface area contributed by atoms with Gasteiger partial charge in [0.25, 0.3) is 0 Å². The number of aryl methyl sites for hydroxylation is 1. The summed E-state index contributed by atoms with van der Waals surface area (Å²) in [6.07, 6.45) is 0.432. The van der Waals surface area contributed by atoms with Gasteiger partial charge in [-0.2, -0.15) is 0 Å². The van der Waals surface area contributed by atoms with Crippen LogP contribution in [0.1, 0.15) is 62.0 Å². The lowest BCUT2D eigenvalue weighted by molar-refractivity contribution is -0.145. The van der Waals surface area contributed by atoms with Gasteiger partial charge >= 0.3 is 12.1 Å². The first kappa shape index (κ1) is 34.0. The van der Waals surface area contributed by atoms with E-state index in [1.54, 1.807) is 27.7 Å². The van der Waals surface area contributed by atoms with Crippen LogP contribution in [0.5, 0.6) is 0 Å². The fraction of sp³-hybridized carbons (Fsp3) is 0.417. The van der Waals surface area contributed by atoms with Crippen LogP contribution in [-0.2, 0) is 36.8 Å². The molecule has 3 aromatic carbocycles. The van der Waals surface area contributed by atoms with Crippen LogP contribution in [-0.4, -0.2) is 77.9 Å². The van der Waals surface area contributed by atoms with Crippen molar-refractivity contribution in [1.82, 2.24) is 10.2 Å². The third-order valence-electron chi connectivity index (χ3n) is 8.14. The Hall–Kier alpha value is -4.38. The Bertz CT molecular complexity index is 1730. The number of ether oxygens (including phenoxy) is 2. The molecular weight excluding hydrogens is 618 g/mol. The number of anilines is 1. The quantitative estimate of drug-likeness (QED) is 0.222. The molecule has 248 valence electrons. The number of hydrogen-bond acceptors (Lipinski definition) is 9. The summed E-state index contributed by atoms with van der Waals surface area (Å²) in [5.41, 5.74) is 4.69. The van der Waals surface area contributed by atoms with Crippen LogP contribution in [0.2, 0.25) is 0 Å². The number of likely N-dealkylation sites (tertiary alicyclic amines) is 1. The van der Waals surface area contributed by atoms with Crippen LogP contribution in [0.4, 0.5) is 10.5 Å². The molecule has 1 aliphatic carbocycles. The number of carbonyl (C=O) groups is 5. The van der Waals surface area contributed by atoms with Crippen LogP contribution in [0.3, 0.4) is 0 Å². The van der Waals surface area contributed by atoms with Gasteiger partial charge in [0, 0.05) is 49.5 Å². The average Bonchev–Trinajstić information content (AvgIpc) is 3.50. The van der Waals surface area contributed by atoms with E-state index >= 15 is 0 Å². The first-order valence-electron chi connectivity index (χ1n) is 15.8. The number of nitrogens with one attached hydrogen (secondary N) is 1. The standard InChI is InChI=1S/C36H41N3O7S/c1-7-45-34(43)27(37-35(44)46-36(2,3)4)20-47-29-18-30(41)39(33(29)42)19-21-8-10-22(11-9-21)31-26-17-25(38(5)6)14-12-23(26)16-24-13-15-28(40)32(24)31/h8-12,14,16-17,27,29H,7,13,15,18-20H2,1-6H3,(H,37,44). The molecule has 11 heteroatoms. The molecule has 1 heterocycles. The molecule has 0 spiro atoms. The van der Waals surface area contributed by atoms with Crippen molar-refractivity contribution in [3.05, 3.63) is 65.2 Å². The molecule has 2 aliphatic rings. The lowest BCUT2D eigenvalue weighted by Crippen LogP contribution is -2.46. The highest BCUT2D eigenvalue weighted by Crippen LogP contribution is 2.40. The molecule has 2 unspecified atom stereocenters. The van der Waals surface area contributed by atoms with Crippen molar-refractivity contribution in [2.24, 2.45) is 0 Å². The molecule has 3 aromatic rings. The van der Waals surface area contributed by atoms with E-state index < -0.39 is 29.0 Å². The van der Waals surface area contributed by atoms with Crippen molar-refractivity contribution in [1.29, 1.82) is 0 Å². The number of hydrogen-bond donors (Lipinski definition) is 1. The van der Waals surface area contributed by atoms with Gasteiger partial charge < -0.3 is 19.7 Å². The van der Waals surface area contributed by atoms with Crippen LogP contribution in [0.25, 0.3) is 21.9 Å². The van der Waals surface area contributed by atoms with E-state index in [2.05, 4.69) is 29.6 Å². The van der Waals surface area contributed by atoms with Crippen molar-refractivity contribution in [2.45, 2.75) is 70.4 Å². The number of Topliss-reactive ketones (excluding diaryl/α,β-unsaturated/α-hetero) is 1. The number of esters is 1. The van der Waals surface area contributed by atoms with E-state index in [1.165, 1.54) is 4.90 Å². The minimum absolute atomic E-state index is 0.0119. The van der Waals surface area contributed by atoms with Gasteiger partial charge in [0.15, 0.2) is 5.78 Å². The summed E-state index contributed by atoms with van der Waals surface area (Å²) >= 11 is 1.13. The summed E-state index contributed by atoms with van der Waals surface area (Å²) in [5, 5.41) is 3.91. The Morgan fingerprint density at radius 1 is 1.02 bits per heavy atom. The highest BCUT2D eigenvalue weighted by molar-refractivity contribution is 8.00. The fourth-order valence-electron chi connectivity index (χ4n) is 5.89. The van der Waals surface area contributed by atoms with E-state index in [0.29, 0.717) is 6.42 Å². The molecule has 1 aliphatic heterocycles. The molecule has 10 nitrogen and oxygen atoms in total. The van der Waals surface area contributed by atoms with E-state index in [9.17, 15) is 24.0 Å². The molecule has 1 N–H and O–H groups in total.